The number of para-hydroxylation sites is 1. The average Bonchev–Trinajstić information content (AvgIpc) is 2.75. The van der Waals surface area contributed by atoms with Gasteiger partial charge < -0.3 is 15.0 Å². The normalized spacial score (nSPS) is 19.4. The Morgan fingerprint density at radius 1 is 1.19 bits per heavy atom. The Labute approximate surface area is 122 Å². The van der Waals surface area contributed by atoms with Crippen molar-refractivity contribution in [1.29, 1.82) is 0 Å². The second kappa shape index (κ2) is 5.60. The molecule has 2 heterocycles. The number of hydrogen-bond donors (Lipinski definition) is 2. The van der Waals surface area contributed by atoms with E-state index in [-0.39, 0.29) is 5.91 Å². The lowest BCUT2D eigenvalue weighted by molar-refractivity contribution is -0.142. The fraction of sp³-hybridized carbons (Fsp3) is 0.375. The lowest BCUT2D eigenvalue weighted by Gasteiger charge is -2.26. The van der Waals surface area contributed by atoms with Gasteiger partial charge in [0.15, 0.2) is 0 Å². The van der Waals surface area contributed by atoms with Gasteiger partial charge in [0.25, 0.3) is 5.91 Å². The van der Waals surface area contributed by atoms with Crippen molar-refractivity contribution in [2.75, 3.05) is 6.54 Å². The molecule has 3 rings (SSSR count). The third-order valence-electron chi connectivity index (χ3n) is 4.06. The van der Waals surface area contributed by atoms with Crippen LogP contribution in [-0.4, -0.2) is 39.5 Å². The number of aromatic nitrogens is 1. The summed E-state index contributed by atoms with van der Waals surface area (Å²) in [6.07, 6.45) is 3.21. The molecule has 1 aromatic carbocycles. The van der Waals surface area contributed by atoms with Crippen LogP contribution in [0.1, 0.15) is 36.2 Å². The first kappa shape index (κ1) is 13.7. The van der Waals surface area contributed by atoms with Crippen LogP contribution >= 0.6 is 0 Å². The number of carboxylic acids is 1. The first-order valence-corrected chi connectivity index (χ1v) is 7.28. The molecule has 0 spiro atoms. The van der Waals surface area contributed by atoms with Gasteiger partial charge in [-0.1, -0.05) is 31.0 Å². The van der Waals surface area contributed by atoms with Crippen LogP contribution in [0.2, 0.25) is 0 Å². The highest BCUT2D eigenvalue weighted by atomic mass is 16.4. The number of carbonyl (C=O) groups excluding carboxylic acids is 1. The predicted octanol–water partition coefficient (Wildman–Crippen LogP) is 2.64. The van der Waals surface area contributed by atoms with Gasteiger partial charge in [-0.25, -0.2) is 4.79 Å². The second-order valence-electron chi connectivity index (χ2n) is 5.47. The maximum atomic E-state index is 12.7. The summed E-state index contributed by atoms with van der Waals surface area (Å²) in [6, 6.07) is 8.73. The summed E-state index contributed by atoms with van der Waals surface area (Å²) in [6.45, 7) is 0.505. The molecule has 0 aliphatic carbocycles. The molecule has 2 N–H and O–H groups in total. The van der Waals surface area contributed by atoms with Gasteiger partial charge in [-0.15, -0.1) is 0 Å². The van der Waals surface area contributed by atoms with Gasteiger partial charge in [0, 0.05) is 17.4 Å². The minimum Gasteiger partial charge on any atom is -0.480 e. The van der Waals surface area contributed by atoms with Crippen molar-refractivity contribution in [2.24, 2.45) is 0 Å². The van der Waals surface area contributed by atoms with Crippen molar-refractivity contribution in [1.82, 2.24) is 9.88 Å². The number of rotatable bonds is 2. The van der Waals surface area contributed by atoms with Crippen LogP contribution < -0.4 is 0 Å². The van der Waals surface area contributed by atoms with Crippen LogP contribution in [-0.2, 0) is 4.79 Å². The van der Waals surface area contributed by atoms with E-state index in [1.807, 2.05) is 24.3 Å². The zero-order valence-corrected chi connectivity index (χ0v) is 11.7. The molecule has 110 valence electrons. The molecule has 0 saturated carbocycles. The molecule has 21 heavy (non-hydrogen) atoms. The Morgan fingerprint density at radius 3 is 2.76 bits per heavy atom. The molecule has 1 fully saturated rings. The van der Waals surface area contributed by atoms with Crippen molar-refractivity contribution < 1.29 is 14.7 Å². The second-order valence-corrected chi connectivity index (χ2v) is 5.47. The number of nitrogens with zero attached hydrogens (tertiary/aromatic N) is 1. The van der Waals surface area contributed by atoms with Crippen LogP contribution in [0.15, 0.2) is 30.3 Å². The van der Waals surface area contributed by atoms with Crippen molar-refractivity contribution in [3.05, 3.63) is 36.0 Å². The van der Waals surface area contributed by atoms with Crippen LogP contribution in [0.3, 0.4) is 0 Å². The minimum absolute atomic E-state index is 0.222. The highest BCUT2D eigenvalue weighted by Crippen LogP contribution is 2.21. The SMILES string of the molecule is O=C(O)C1CCCCCN1C(=O)c1cc2ccccc2[nH]1. The number of aliphatic carboxylic acids is 1. The van der Waals surface area contributed by atoms with Gasteiger partial charge in [0.1, 0.15) is 11.7 Å². The van der Waals surface area contributed by atoms with E-state index >= 15 is 0 Å². The average molecular weight is 286 g/mol. The smallest absolute Gasteiger partial charge is 0.326 e. The number of aromatic amines is 1. The number of hydrogen-bond acceptors (Lipinski definition) is 2. The summed E-state index contributed by atoms with van der Waals surface area (Å²) >= 11 is 0. The Bertz CT molecular complexity index is 644. The van der Waals surface area contributed by atoms with E-state index in [0.29, 0.717) is 18.7 Å². The highest BCUT2D eigenvalue weighted by molar-refractivity contribution is 5.99. The Hall–Kier alpha value is -2.30. The molecule has 5 heteroatoms. The molecule has 5 nitrogen and oxygen atoms in total. The molecule has 1 atom stereocenters. The number of fused-ring (bicyclic) bond motifs is 1. The molecule has 0 radical (unpaired) electrons. The lowest BCUT2D eigenvalue weighted by atomic mass is 10.1. The van der Waals surface area contributed by atoms with E-state index in [1.54, 1.807) is 6.07 Å². The molecule has 0 bridgehead atoms. The fourth-order valence-corrected chi connectivity index (χ4v) is 2.95. The van der Waals surface area contributed by atoms with Crippen LogP contribution in [0.4, 0.5) is 0 Å². The Morgan fingerprint density at radius 2 is 2.00 bits per heavy atom. The van der Waals surface area contributed by atoms with Gasteiger partial charge in [0.05, 0.1) is 0 Å². The van der Waals surface area contributed by atoms with Crippen molar-refractivity contribution in [2.45, 2.75) is 31.7 Å². The summed E-state index contributed by atoms with van der Waals surface area (Å²) in [4.78, 5) is 28.7. The van der Waals surface area contributed by atoms with Crippen LogP contribution in [0.5, 0.6) is 0 Å². The van der Waals surface area contributed by atoms with E-state index in [2.05, 4.69) is 4.98 Å². The van der Waals surface area contributed by atoms with Crippen molar-refractivity contribution >= 4 is 22.8 Å². The van der Waals surface area contributed by atoms with Gasteiger partial charge in [0.2, 0.25) is 0 Å². The first-order valence-electron chi connectivity index (χ1n) is 7.28. The zero-order valence-electron chi connectivity index (χ0n) is 11.7. The molecule has 2 aromatic rings. The number of likely N-dealkylation sites (tertiary alicyclic amines) is 1. The summed E-state index contributed by atoms with van der Waals surface area (Å²) in [5, 5.41) is 10.3. The Balaban J connectivity index is 1.92. The lowest BCUT2D eigenvalue weighted by Crippen LogP contribution is -2.44. The predicted molar refractivity (Wildman–Crippen MR) is 79.2 cm³/mol. The fourth-order valence-electron chi connectivity index (χ4n) is 2.95. The van der Waals surface area contributed by atoms with Gasteiger partial charge in [-0.3, -0.25) is 4.79 Å². The van der Waals surface area contributed by atoms with E-state index in [0.717, 1.165) is 30.2 Å². The molecule has 1 aromatic heterocycles. The number of benzene rings is 1. The summed E-state index contributed by atoms with van der Waals surface area (Å²) in [7, 11) is 0. The van der Waals surface area contributed by atoms with Gasteiger partial charge in [-0.05, 0) is 25.0 Å². The molecule has 1 aliphatic rings. The molecular weight excluding hydrogens is 268 g/mol. The minimum atomic E-state index is -0.915. The summed E-state index contributed by atoms with van der Waals surface area (Å²) in [5.74, 6) is -1.14. The molecule has 1 unspecified atom stereocenters. The molecule has 1 saturated heterocycles. The summed E-state index contributed by atoms with van der Waals surface area (Å²) < 4.78 is 0. The maximum absolute atomic E-state index is 12.7. The number of H-pyrrole nitrogens is 1. The number of nitrogens with one attached hydrogen (secondary N) is 1. The van der Waals surface area contributed by atoms with Crippen molar-refractivity contribution in [3.63, 3.8) is 0 Å². The van der Waals surface area contributed by atoms with Gasteiger partial charge in [-0.2, -0.15) is 0 Å². The van der Waals surface area contributed by atoms with E-state index in [9.17, 15) is 14.7 Å². The zero-order chi connectivity index (χ0) is 14.8. The quantitative estimate of drug-likeness (QED) is 0.891. The monoisotopic (exact) mass is 286 g/mol. The first-order chi connectivity index (χ1) is 10.2. The number of amides is 1. The van der Waals surface area contributed by atoms with Crippen molar-refractivity contribution in [3.8, 4) is 0 Å². The van der Waals surface area contributed by atoms with E-state index in [1.165, 1.54) is 4.90 Å². The third kappa shape index (κ3) is 2.63. The van der Waals surface area contributed by atoms with E-state index in [4.69, 9.17) is 0 Å². The topological polar surface area (TPSA) is 73.4 Å². The highest BCUT2D eigenvalue weighted by Gasteiger charge is 2.31. The number of carboxylic acid groups (broad SMARTS) is 1. The molecule has 1 amide bonds. The standard InChI is InChI=1S/C16H18N2O3/c19-15(13-10-11-6-3-4-7-12(11)17-13)18-9-5-1-2-8-14(18)16(20)21/h3-4,6-7,10,14,17H,1-2,5,8-9H2,(H,20,21). The Kier molecular flexibility index (Phi) is 3.64. The van der Waals surface area contributed by atoms with E-state index < -0.39 is 12.0 Å². The van der Waals surface area contributed by atoms with Crippen LogP contribution in [0, 0.1) is 0 Å². The van der Waals surface area contributed by atoms with Gasteiger partial charge >= 0.3 is 5.97 Å². The molecule has 1 aliphatic heterocycles. The third-order valence-corrected chi connectivity index (χ3v) is 4.06. The van der Waals surface area contributed by atoms with Crippen LogP contribution in [0.25, 0.3) is 10.9 Å². The summed E-state index contributed by atoms with van der Waals surface area (Å²) in [5.41, 5.74) is 1.35. The number of carbonyl (C=O) groups is 2. The largest absolute Gasteiger partial charge is 0.480 e. The maximum Gasteiger partial charge on any atom is 0.326 e. The molecular formula is C16H18N2O3.